The highest BCUT2D eigenvalue weighted by molar-refractivity contribution is 14.0. The Hall–Kier alpha value is -2.95. The lowest BCUT2D eigenvalue weighted by atomic mass is 10.1. The zero-order chi connectivity index (χ0) is 22.8. The van der Waals surface area contributed by atoms with E-state index in [4.69, 9.17) is 19.2 Å². The Morgan fingerprint density at radius 2 is 1.61 bits per heavy atom. The lowest BCUT2D eigenvalue weighted by Crippen LogP contribution is -2.36. The summed E-state index contributed by atoms with van der Waals surface area (Å²) in [6, 6.07) is 12.3. The highest BCUT2D eigenvalue weighted by Crippen LogP contribution is 2.38. The maximum absolute atomic E-state index is 5.43. The zero-order valence-corrected chi connectivity index (χ0v) is 21.8. The van der Waals surface area contributed by atoms with Gasteiger partial charge in [0.25, 0.3) is 0 Å². The number of aliphatic imine (C=N–C) groups is 1. The molecule has 178 valence electrons. The first kappa shape index (κ1) is 26.3. The fourth-order valence-electron chi connectivity index (χ4n) is 3.28. The van der Waals surface area contributed by atoms with Crippen molar-refractivity contribution in [3.05, 3.63) is 71.8 Å². The number of nitrogens with zero attached hydrogens (tertiary/aromatic N) is 3. The van der Waals surface area contributed by atoms with Crippen LogP contribution in [0.3, 0.4) is 0 Å². The number of nitrogens with one attached hydrogen (secondary N) is 2. The van der Waals surface area contributed by atoms with E-state index in [2.05, 4.69) is 39.9 Å². The Balaban J connectivity index is 0.00000385. The average Bonchev–Trinajstić information content (AvgIpc) is 3.34. The fraction of sp³-hybridized carbons (Fsp3) is 0.333. The summed E-state index contributed by atoms with van der Waals surface area (Å²) in [7, 11) is 4.81. The monoisotopic (exact) mass is 565 g/mol. The van der Waals surface area contributed by atoms with Gasteiger partial charge in [-0.1, -0.05) is 24.3 Å². The van der Waals surface area contributed by atoms with Gasteiger partial charge in [-0.2, -0.15) is 0 Å². The maximum atomic E-state index is 5.43. The molecule has 1 aromatic heterocycles. The van der Waals surface area contributed by atoms with Crippen molar-refractivity contribution in [2.45, 2.75) is 26.6 Å². The van der Waals surface area contributed by atoms with E-state index in [1.165, 1.54) is 11.1 Å². The molecule has 0 saturated heterocycles. The molecular formula is C24H32IN5O3. The van der Waals surface area contributed by atoms with Crippen LogP contribution in [-0.2, 0) is 19.6 Å². The molecule has 0 aliphatic rings. The molecular weight excluding hydrogens is 533 g/mol. The molecule has 2 N–H and O–H groups in total. The number of guanidine groups is 1. The van der Waals surface area contributed by atoms with Crippen LogP contribution in [0.15, 0.2) is 60.1 Å². The molecule has 33 heavy (non-hydrogen) atoms. The summed E-state index contributed by atoms with van der Waals surface area (Å²) in [6.45, 7) is 4.77. The summed E-state index contributed by atoms with van der Waals surface area (Å²) in [6.07, 6.45) is 5.57. The molecule has 0 amide bonds. The van der Waals surface area contributed by atoms with E-state index in [1.807, 2.05) is 36.1 Å². The van der Waals surface area contributed by atoms with Crippen LogP contribution in [0.5, 0.6) is 17.2 Å². The Morgan fingerprint density at radius 3 is 2.15 bits per heavy atom. The van der Waals surface area contributed by atoms with Crippen LogP contribution in [0.4, 0.5) is 0 Å². The summed E-state index contributed by atoms with van der Waals surface area (Å²) in [5.74, 6) is 2.55. The predicted octanol–water partition coefficient (Wildman–Crippen LogP) is 3.83. The number of hydrogen-bond donors (Lipinski definition) is 2. The molecule has 0 unspecified atom stereocenters. The van der Waals surface area contributed by atoms with Crippen LogP contribution >= 0.6 is 24.0 Å². The first-order valence-electron chi connectivity index (χ1n) is 10.5. The second-order valence-electron chi connectivity index (χ2n) is 7.13. The minimum atomic E-state index is 0. The van der Waals surface area contributed by atoms with E-state index >= 15 is 0 Å². The second-order valence-corrected chi connectivity index (χ2v) is 7.13. The van der Waals surface area contributed by atoms with E-state index in [0.717, 1.165) is 24.6 Å². The zero-order valence-electron chi connectivity index (χ0n) is 19.5. The smallest absolute Gasteiger partial charge is 0.203 e. The van der Waals surface area contributed by atoms with Crippen LogP contribution in [0.1, 0.15) is 23.6 Å². The van der Waals surface area contributed by atoms with E-state index in [1.54, 1.807) is 27.5 Å². The molecule has 0 saturated carbocycles. The van der Waals surface area contributed by atoms with Crippen LogP contribution < -0.4 is 24.8 Å². The number of hydrogen-bond acceptors (Lipinski definition) is 5. The average molecular weight is 565 g/mol. The van der Waals surface area contributed by atoms with Gasteiger partial charge in [0.15, 0.2) is 17.5 Å². The number of rotatable bonds is 10. The molecule has 3 aromatic rings. The van der Waals surface area contributed by atoms with Crippen molar-refractivity contribution in [3.63, 3.8) is 0 Å². The molecule has 1 heterocycles. The highest BCUT2D eigenvalue weighted by atomic mass is 127. The van der Waals surface area contributed by atoms with E-state index in [-0.39, 0.29) is 24.0 Å². The van der Waals surface area contributed by atoms with Gasteiger partial charge in [-0.3, -0.25) is 0 Å². The summed E-state index contributed by atoms with van der Waals surface area (Å²) < 4.78 is 18.3. The van der Waals surface area contributed by atoms with Gasteiger partial charge in [0.1, 0.15) is 0 Å². The second kappa shape index (κ2) is 13.6. The van der Waals surface area contributed by atoms with Gasteiger partial charge < -0.3 is 29.4 Å². The van der Waals surface area contributed by atoms with Gasteiger partial charge in [0, 0.05) is 32.0 Å². The van der Waals surface area contributed by atoms with Gasteiger partial charge in [-0.05, 0) is 35.7 Å². The highest BCUT2D eigenvalue weighted by Gasteiger charge is 2.13. The third-order valence-electron chi connectivity index (χ3n) is 4.90. The Kier molecular flexibility index (Phi) is 10.8. The first-order valence-corrected chi connectivity index (χ1v) is 10.5. The lowest BCUT2D eigenvalue weighted by Gasteiger charge is -2.14. The van der Waals surface area contributed by atoms with Gasteiger partial charge >= 0.3 is 0 Å². The Labute approximate surface area is 212 Å². The predicted molar refractivity (Wildman–Crippen MR) is 141 cm³/mol. The maximum Gasteiger partial charge on any atom is 0.203 e. The molecule has 9 heteroatoms. The minimum absolute atomic E-state index is 0. The molecule has 0 fully saturated rings. The first-order chi connectivity index (χ1) is 15.7. The third-order valence-corrected chi connectivity index (χ3v) is 4.90. The van der Waals surface area contributed by atoms with Crippen molar-refractivity contribution in [1.82, 2.24) is 20.2 Å². The molecule has 0 radical (unpaired) electrons. The fourth-order valence-corrected chi connectivity index (χ4v) is 3.28. The van der Waals surface area contributed by atoms with E-state index < -0.39 is 0 Å². The number of aromatic nitrogens is 2. The Bertz CT molecular complexity index is 982. The van der Waals surface area contributed by atoms with Crippen molar-refractivity contribution in [2.24, 2.45) is 4.99 Å². The minimum Gasteiger partial charge on any atom is -0.493 e. The molecule has 3 rings (SSSR count). The van der Waals surface area contributed by atoms with Gasteiger partial charge in [0.2, 0.25) is 5.75 Å². The molecule has 8 nitrogen and oxygen atoms in total. The number of imidazole rings is 1. The molecule has 0 aliphatic heterocycles. The molecule has 0 spiro atoms. The van der Waals surface area contributed by atoms with Gasteiger partial charge in [-0.15, -0.1) is 24.0 Å². The van der Waals surface area contributed by atoms with Gasteiger partial charge in [0.05, 0.1) is 34.2 Å². The van der Waals surface area contributed by atoms with Crippen LogP contribution in [-0.4, -0.2) is 43.4 Å². The molecule has 0 atom stereocenters. The van der Waals surface area contributed by atoms with Crippen molar-refractivity contribution in [3.8, 4) is 17.2 Å². The number of benzene rings is 2. The largest absolute Gasteiger partial charge is 0.493 e. The van der Waals surface area contributed by atoms with Gasteiger partial charge in [-0.25, -0.2) is 9.98 Å². The van der Waals surface area contributed by atoms with Crippen molar-refractivity contribution >= 4 is 29.9 Å². The molecule has 0 aliphatic carbocycles. The Morgan fingerprint density at radius 1 is 0.939 bits per heavy atom. The normalized spacial score (nSPS) is 10.8. The standard InChI is InChI=1S/C24H31N5O3.HI/c1-5-26-24(28-15-20-12-21(30-2)23(32-4)22(13-20)31-3)27-14-18-6-8-19(9-7-18)16-29-11-10-25-17-29;/h6-13,17H,5,14-16H2,1-4H3,(H2,26,27,28);1H. The summed E-state index contributed by atoms with van der Waals surface area (Å²) >= 11 is 0. The van der Waals surface area contributed by atoms with Crippen molar-refractivity contribution in [2.75, 3.05) is 27.9 Å². The van der Waals surface area contributed by atoms with Crippen LogP contribution in [0, 0.1) is 0 Å². The third kappa shape index (κ3) is 7.55. The molecule has 0 bridgehead atoms. The topological polar surface area (TPSA) is 81.9 Å². The summed E-state index contributed by atoms with van der Waals surface area (Å²) in [4.78, 5) is 8.79. The van der Waals surface area contributed by atoms with Crippen LogP contribution in [0.25, 0.3) is 0 Å². The quantitative estimate of drug-likeness (QED) is 0.221. The molecule has 2 aromatic carbocycles. The SMILES string of the molecule is CCNC(=NCc1cc(OC)c(OC)c(OC)c1)NCc1ccc(Cn2ccnc2)cc1.I. The lowest BCUT2D eigenvalue weighted by molar-refractivity contribution is 0.324. The number of ether oxygens (including phenoxy) is 3. The van der Waals surface area contributed by atoms with Crippen molar-refractivity contribution < 1.29 is 14.2 Å². The van der Waals surface area contributed by atoms with Crippen LogP contribution in [0.2, 0.25) is 0 Å². The van der Waals surface area contributed by atoms with E-state index in [0.29, 0.717) is 30.3 Å². The number of halogens is 1. The summed E-state index contributed by atoms with van der Waals surface area (Å²) in [5, 5.41) is 6.67. The van der Waals surface area contributed by atoms with E-state index in [9.17, 15) is 0 Å². The number of methoxy groups -OCH3 is 3. The van der Waals surface area contributed by atoms with Crippen molar-refractivity contribution in [1.29, 1.82) is 0 Å². The summed E-state index contributed by atoms with van der Waals surface area (Å²) in [5.41, 5.74) is 3.37.